The Bertz CT molecular complexity index is 1840. The van der Waals surface area contributed by atoms with Crippen LogP contribution in [0.5, 0.6) is 0 Å². The van der Waals surface area contributed by atoms with Crippen LogP contribution in [0.25, 0.3) is 0 Å². The van der Waals surface area contributed by atoms with Crippen molar-refractivity contribution in [2.24, 2.45) is 5.92 Å². The zero-order chi connectivity index (χ0) is 70.5. The summed E-state index contributed by atoms with van der Waals surface area (Å²) in [5.41, 5.74) is 0. The maximum atomic E-state index is 13.1. The van der Waals surface area contributed by atoms with Gasteiger partial charge < -0.3 is 33.8 Å². The third-order valence-electron chi connectivity index (χ3n) is 18.0. The molecule has 3 N–H and O–H groups in total. The van der Waals surface area contributed by atoms with Gasteiger partial charge in [0.25, 0.3) is 0 Å². The number of ether oxygens (including phenoxy) is 4. The first-order valence-corrected chi connectivity index (χ1v) is 43.1. The number of hydrogen-bond donors (Lipinski definition) is 3. The monoisotopic (exact) mass is 1410 g/mol. The number of esters is 4. The lowest BCUT2D eigenvalue weighted by atomic mass is 10.0. The van der Waals surface area contributed by atoms with Crippen molar-refractivity contribution in [1.82, 2.24) is 0 Å². The number of unbranched alkanes of at least 4 members (excludes halogenated alkanes) is 49. The van der Waals surface area contributed by atoms with Gasteiger partial charge in [0.2, 0.25) is 0 Å². The van der Waals surface area contributed by atoms with Crippen LogP contribution in [0, 0.1) is 5.92 Å². The van der Waals surface area contributed by atoms with E-state index in [4.69, 9.17) is 37.0 Å². The largest absolute Gasteiger partial charge is 0.472 e. The summed E-state index contributed by atoms with van der Waals surface area (Å²) in [5.74, 6) is -1.31. The van der Waals surface area contributed by atoms with Crippen molar-refractivity contribution < 1.29 is 80.2 Å². The Kier molecular flexibility index (Phi) is 68.7. The van der Waals surface area contributed by atoms with E-state index in [9.17, 15) is 43.2 Å². The Hall–Kier alpha value is -1.94. The highest BCUT2D eigenvalue weighted by Crippen LogP contribution is 2.45. The van der Waals surface area contributed by atoms with Gasteiger partial charge in [0.1, 0.15) is 19.3 Å². The number of aliphatic hydroxyl groups is 1. The molecule has 5 atom stereocenters. The zero-order valence-corrected chi connectivity index (χ0v) is 64.3. The summed E-state index contributed by atoms with van der Waals surface area (Å²) in [7, 11) is -9.91. The van der Waals surface area contributed by atoms with Gasteiger partial charge in [-0.15, -0.1) is 0 Å². The van der Waals surface area contributed by atoms with Gasteiger partial charge >= 0.3 is 39.5 Å². The van der Waals surface area contributed by atoms with E-state index in [1.165, 1.54) is 231 Å². The van der Waals surface area contributed by atoms with E-state index < -0.39 is 97.5 Å². The van der Waals surface area contributed by atoms with Gasteiger partial charge in [-0.3, -0.25) is 37.3 Å². The van der Waals surface area contributed by atoms with Gasteiger partial charge in [0, 0.05) is 25.7 Å². The summed E-state index contributed by atoms with van der Waals surface area (Å²) in [4.78, 5) is 72.9. The fourth-order valence-corrected chi connectivity index (χ4v) is 13.5. The summed E-state index contributed by atoms with van der Waals surface area (Å²) in [6.45, 7) is 7.33. The minimum atomic E-state index is -4.96. The molecule has 0 rings (SSSR count). The van der Waals surface area contributed by atoms with Gasteiger partial charge in [-0.05, 0) is 31.6 Å². The number of hydrogen-bond acceptors (Lipinski definition) is 15. The molecule has 0 saturated heterocycles. The first-order chi connectivity index (χ1) is 46.5. The van der Waals surface area contributed by atoms with Crippen molar-refractivity contribution >= 4 is 39.5 Å². The molecule has 0 fully saturated rings. The maximum absolute atomic E-state index is 13.1. The first kappa shape index (κ1) is 94.1. The standard InChI is InChI=1S/C77H150O17P2/c1-6-9-12-15-18-21-24-26-31-36-41-46-51-56-61-75(80)88-67-73(94-77(82)63-58-53-48-43-38-33-29-28-30-35-39-44-49-54-59-70(4)5)69-92-96(85,86)90-65-71(78)64-89-95(83,84)91-68-72(66-87-74(79)60-55-50-45-40-34-23-20-17-14-11-8-3)93-76(81)62-57-52-47-42-37-32-27-25-22-19-16-13-10-7-2/h70-73,78H,6-69H2,1-5H3,(H,83,84)(H,85,86)/t71-,72+,73+/m0/s1. The van der Waals surface area contributed by atoms with Crippen LogP contribution in [0.3, 0.4) is 0 Å². The van der Waals surface area contributed by atoms with E-state index in [0.717, 1.165) is 95.8 Å². The zero-order valence-electron chi connectivity index (χ0n) is 62.5. The average Bonchev–Trinajstić information content (AvgIpc) is 1.47. The fraction of sp³-hybridized carbons (Fsp3) is 0.948. The van der Waals surface area contributed by atoms with Crippen molar-refractivity contribution in [1.29, 1.82) is 0 Å². The molecule has 0 bridgehead atoms. The Morgan fingerprint density at radius 3 is 0.708 bits per heavy atom. The van der Waals surface area contributed by atoms with Gasteiger partial charge in [-0.25, -0.2) is 9.13 Å². The molecule has 0 amide bonds. The third kappa shape index (κ3) is 70.5. The van der Waals surface area contributed by atoms with E-state index in [1.54, 1.807) is 0 Å². The van der Waals surface area contributed by atoms with Crippen LogP contribution in [0.15, 0.2) is 0 Å². The highest BCUT2D eigenvalue weighted by Gasteiger charge is 2.30. The van der Waals surface area contributed by atoms with Crippen LogP contribution in [0.1, 0.15) is 407 Å². The fourth-order valence-electron chi connectivity index (χ4n) is 11.9. The van der Waals surface area contributed by atoms with Crippen LogP contribution in [0.4, 0.5) is 0 Å². The number of phosphoric ester groups is 2. The first-order valence-electron chi connectivity index (χ1n) is 40.1. The van der Waals surface area contributed by atoms with Gasteiger partial charge in [0.05, 0.1) is 26.4 Å². The Labute approximate surface area is 588 Å². The van der Waals surface area contributed by atoms with Crippen LogP contribution in [0.2, 0.25) is 0 Å². The molecule has 0 aromatic carbocycles. The molecule has 0 radical (unpaired) electrons. The van der Waals surface area contributed by atoms with E-state index in [2.05, 4.69) is 34.6 Å². The highest BCUT2D eigenvalue weighted by atomic mass is 31.2. The lowest BCUT2D eigenvalue weighted by Crippen LogP contribution is -2.30. The molecule has 0 spiro atoms. The number of rotatable bonds is 77. The molecule has 570 valence electrons. The lowest BCUT2D eigenvalue weighted by molar-refractivity contribution is -0.161. The van der Waals surface area contributed by atoms with Gasteiger partial charge in [-0.1, -0.05) is 356 Å². The lowest BCUT2D eigenvalue weighted by Gasteiger charge is -2.21. The second-order valence-corrected chi connectivity index (χ2v) is 31.1. The summed E-state index contributed by atoms with van der Waals surface area (Å²) < 4.78 is 68.6. The quantitative estimate of drug-likeness (QED) is 0.0222. The number of carbonyl (C=O) groups is 4. The second kappa shape index (κ2) is 70.1. The van der Waals surface area contributed by atoms with Crippen molar-refractivity contribution in [3.63, 3.8) is 0 Å². The molecule has 0 aliphatic heterocycles. The van der Waals surface area contributed by atoms with E-state index in [-0.39, 0.29) is 25.7 Å². The minimum Gasteiger partial charge on any atom is -0.462 e. The molecule has 0 saturated carbocycles. The topological polar surface area (TPSA) is 237 Å². The molecule has 96 heavy (non-hydrogen) atoms. The maximum Gasteiger partial charge on any atom is 0.472 e. The normalized spacial score (nSPS) is 13.9. The predicted octanol–water partition coefficient (Wildman–Crippen LogP) is 22.9. The number of phosphoric acid groups is 2. The smallest absolute Gasteiger partial charge is 0.462 e. The summed E-state index contributed by atoms with van der Waals surface area (Å²) in [5, 5.41) is 10.6. The van der Waals surface area contributed by atoms with E-state index in [1.807, 2.05) is 0 Å². The minimum absolute atomic E-state index is 0.108. The number of aliphatic hydroxyl groups excluding tert-OH is 1. The molecule has 0 aliphatic rings. The van der Waals surface area contributed by atoms with Gasteiger partial charge in [0.15, 0.2) is 12.2 Å². The molecular weight excluding hydrogens is 1260 g/mol. The molecule has 19 heteroatoms. The summed E-state index contributed by atoms with van der Waals surface area (Å²) in [6.07, 6.45) is 59.4. The van der Waals surface area contributed by atoms with Crippen molar-refractivity contribution in [3.8, 4) is 0 Å². The third-order valence-corrected chi connectivity index (χ3v) is 19.9. The van der Waals surface area contributed by atoms with E-state index >= 15 is 0 Å². The van der Waals surface area contributed by atoms with E-state index in [0.29, 0.717) is 25.7 Å². The molecule has 2 unspecified atom stereocenters. The van der Waals surface area contributed by atoms with Crippen molar-refractivity contribution in [2.45, 2.75) is 425 Å². The van der Waals surface area contributed by atoms with Crippen LogP contribution in [-0.4, -0.2) is 96.7 Å². The average molecular weight is 1410 g/mol. The molecular formula is C77H150O17P2. The summed E-state index contributed by atoms with van der Waals surface area (Å²) in [6, 6.07) is 0. The second-order valence-electron chi connectivity index (χ2n) is 28.2. The van der Waals surface area contributed by atoms with Crippen LogP contribution < -0.4 is 0 Å². The van der Waals surface area contributed by atoms with Crippen molar-refractivity contribution in [2.75, 3.05) is 39.6 Å². The Morgan fingerprint density at radius 1 is 0.281 bits per heavy atom. The Balaban J connectivity index is 5.25. The highest BCUT2D eigenvalue weighted by molar-refractivity contribution is 7.47. The molecule has 0 aliphatic carbocycles. The van der Waals surface area contributed by atoms with Gasteiger partial charge in [-0.2, -0.15) is 0 Å². The molecule has 0 heterocycles. The molecule has 17 nitrogen and oxygen atoms in total. The van der Waals surface area contributed by atoms with Crippen molar-refractivity contribution in [3.05, 3.63) is 0 Å². The number of carbonyl (C=O) groups excluding carboxylic acids is 4. The Morgan fingerprint density at radius 2 is 0.479 bits per heavy atom. The van der Waals surface area contributed by atoms with Crippen LogP contribution >= 0.6 is 15.6 Å². The van der Waals surface area contributed by atoms with Crippen LogP contribution in [-0.2, 0) is 65.4 Å². The SMILES string of the molecule is CCCCCCCCCCCCCCCCC(=O)OC[C@H](COP(=O)(O)OC[C@@H](O)COP(=O)(O)OC[C@@H](COC(=O)CCCCCCCCCCCCC)OC(=O)CCCCCCCCCCCCCCCC)OC(=O)CCCCCCCCCCCCCCCCC(C)C. The molecule has 0 aromatic rings. The molecule has 0 aromatic heterocycles. The summed E-state index contributed by atoms with van der Waals surface area (Å²) >= 11 is 0. The predicted molar refractivity (Wildman–Crippen MR) is 391 cm³/mol.